The largest absolute Gasteiger partial charge is 0.349 e. The maximum Gasteiger partial charge on any atom is 0.195 e. The van der Waals surface area contributed by atoms with Crippen LogP contribution in [0.4, 0.5) is 0 Å². The van der Waals surface area contributed by atoms with Gasteiger partial charge in [-0.05, 0) is 6.07 Å². The Morgan fingerprint density at radius 1 is 1.27 bits per heavy atom. The van der Waals surface area contributed by atoms with Gasteiger partial charge in [-0.25, -0.2) is 0 Å². The molecule has 0 bridgehead atoms. The van der Waals surface area contributed by atoms with E-state index in [0.29, 0.717) is 0 Å². The minimum atomic E-state index is 0.743. The molecule has 0 aromatic carbocycles. The summed E-state index contributed by atoms with van der Waals surface area (Å²) in [6, 6.07) is 1.92. The Kier molecular flexibility index (Phi) is 4.15. The van der Waals surface area contributed by atoms with Crippen LogP contribution in [-0.2, 0) is 6.54 Å². The van der Waals surface area contributed by atoms with Gasteiger partial charge in [0, 0.05) is 40.6 Å². The van der Waals surface area contributed by atoms with E-state index in [1.54, 1.807) is 6.20 Å². The summed E-state index contributed by atoms with van der Waals surface area (Å²) in [6.07, 6.45) is 3.73. The fourth-order valence-electron chi connectivity index (χ4n) is 1.37. The lowest BCUT2D eigenvalue weighted by atomic mass is 10.6. The normalized spacial score (nSPS) is 9.87. The second kappa shape index (κ2) is 5.38. The predicted octanol–water partition coefficient (Wildman–Crippen LogP) is 0.362. The highest BCUT2D eigenvalue weighted by molar-refractivity contribution is 5.79. The zero-order valence-corrected chi connectivity index (χ0v) is 9.88. The first kappa shape index (κ1) is 11.6. The van der Waals surface area contributed by atoms with E-state index in [1.807, 2.05) is 54.9 Å². The van der Waals surface area contributed by atoms with E-state index < -0.39 is 0 Å². The molecule has 0 radical (unpaired) electrons. The molecule has 0 amide bonds. The summed E-state index contributed by atoms with van der Waals surface area (Å²) < 4.78 is 1.88. The van der Waals surface area contributed by atoms with E-state index in [0.717, 1.165) is 19.0 Å². The Bertz CT molecular complexity index is 290. The van der Waals surface area contributed by atoms with Crippen molar-refractivity contribution in [1.82, 2.24) is 19.6 Å². The topological polar surface area (TPSA) is 36.7 Å². The second-order valence-electron chi connectivity index (χ2n) is 3.74. The molecule has 15 heavy (non-hydrogen) atoms. The summed E-state index contributed by atoms with van der Waals surface area (Å²) in [5.74, 6) is 0.974. The van der Waals surface area contributed by atoms with Gasteiger partial charge in [0.25, 0.3) is 0 Å². The molecule has 1 rings (SSSR count). The molecular weight excluding hydrogens is 190 g/mol. The molecule has 84 valence electrons. The van der Waals surface area contributed by atoms with Gasteiger partial charge in [-0.2, -0.15) is 5.10 Å². The van der Waals surface area contributed by atoms with E-state index in [4.69, 9.17) is 0 Å². The van der Waals surface area contributed by atoms with Gasteiger partial charge in [0.1, 0.15) is 0 Å². The molecule has 0 saturated heterocycles. The maximum absolute atomic E-state index is 4.51. The standard InChI is InChI=1S/C10H19N5/c1-13(2)10(14(3)4)11-7-9-15-8-5-6-12-15/h5-6,8H,7,9H2,1-4H3. The van der Waals surface area contributed by atoms with Crippen LogP contribution < -0.4 is 0 Å². The van der Waals surface area contributed by atoms with Gasteiger partial charge >= 0.3 is 0 Å². The Morgan fingerprint density at radius 2 is 1.93 bits per heavy atom. The van der Waals surface area contributed by atoms with Gasteiger partial charge in [0.05, 0.1) is 13.1 Å². The van der Waals surface area contributed by atoms with Crippen molar-refractivity contribution >= 4 is 5.96 Å². The Balaban J connectivity index is 2.47. The van der Waals surface area contributed by atoms with Crippen molar-refractivity contribution in [3.8, 4) is 0 Å². The number of aromatic nitrogens is 2. The van der Waals surface area contributed by atoms with Crippen molar-refractivity contribution in [3.63, 3.8) is 0 Å². The number of guanidine groups is 1. The zero-order valence-electron chi connectivity index (χ0n) is 9.88. The molecule has 0 unspecified atom stereocenters. The highest BCUT2D eigenvalue weighted by Gasteiger charge is 2.02. The molecular formula is C10H19N5. The monoisotopic (exact) mass is 209 g/mol. The summed E-state index contributed by atoms with van der Waals surface area (Å²) in [6.45, 7) is 1.56. The molecule has 1 aromatic heterocycles. The van der Waals surface area contributed by atoms with E-state index >= 15 is 0 Å². The first-order valence-electron chi connectivity index (χ1n) is 4.98. The third-order valence-corrected chi connectivity index (χ3v) is 1.94. The van der Waals surface area contributed by atoms with Crippen LogP contribution in [-0.4, -0.2) is 60.3 Å². The minimum absolute atomic E-state index is 0.743. The Morgan fingerprint density at radius 3 is 2.40 bits per heavy atom. The van der Waals surface area contributed by atoms with Crippen molar-refractivity contribution in [2.24, 2.45) is 4.99 Å². The molecule has 0 N–H and O–H groups in total. The average molecular weight is 209 g/mol. The maximum atomic E-state index is 4.51. The fraction of sp³-hybridized carbons (Fsp3) is 0.600. The van der Waals surface area contributed by atoms with Gasteiger partial charge in [-0.15, -0.1) is 0 Å². The number of hydrogen-bond acceptors (Lipinski definition) is 2. The number of rotatable bonds is 3. The van der Waals surface area contributed by atoms with Crippen LogP contribution in [0.1, 0.15) is 0 Å². The van der Waals surface area contributed by atoms with E-state index in [1.165, 1.54) is 0 Å². The molecule has 0 fully saturated rings. The first-order valence-corrected chi connectivity index (χ1v) is 4.98. The van der Waals surface area contributed by atoms with Crippen LogP contribution in [0.15, 0.2) is 23.5 Å². The van der Waals surface area contributed by atoms with E-state index in [-0.39, 0.29) is 0 Å². The number of hydrogen-bond donors (Lipinski definition) is 0. The van der Waals surface area contributed by atoms with Crippen LogP contribution in [0.25, 0.3) is 0 Å². The van der Waals surface area contributed by atoms with E-state index in [2.05, 4.69) is 10.1 Å². The number of nitrogens with zero attached hydrogens (tertiary/aromatic N) is 5. The third-order valence-electron chi connectivity index (χ3n) is 1.94. The second-order valence-corrected chi connectivity index (χ2v) is 3.74. The fourth-order valence-corrected chi connectivity index (χ4v) is 1.37. The highest BCUT2D eigenvalue weighted by Crippen LogP contribution is 1.91. The lowest BCUT2D eigenvalue weighted by molar-refractivity contribution is 0.476. The van der Waals surface area contributed by atoms with Crippen LogP contribution in [0.2, 0.25) is 0 Å². The SMILES string of the molecule is CN(C)C(=NCCn1cccn1)N(C)C. The van der Waals surface area contributed by atoms with Gasteiger partial charge in [0.15, 0.2) is 5.96 Å². The molecule has 1 heterocycles. The average Bonchev–Trinajstić information content (AvgIpc) is 2.63. The smallest absolute Gasteiger partial charge is 0.195 e. The van der Waals surface area contributed by atoms with Crippen LogP contribution in [0.5, 0.6) is 0 Å². The van der Waals surface area contributed by atoms with Crippen molar-refractivity contribution in [2.75, 3.05) is 34.7 Å². The van der Waals surface area contributed by atoms with Crippen molar-refractivity contribution in [1.29, 1.82) is 0 Å². The molecule has 0 aliphatic heterocycles. The van der Waals surface area contributed by atoms with Crippen molar-refractivity contribution in [2.45, 2.75) is 6.54 Å². The summed E-state index contributed by atoms with van der Waals surface area (Å²) >= 11 is 0. The van der Waals surface area contributed by atoms with Gasteiger partial charge in [0.2, 0.25) is 0 Å². The molecule has 0 atom stereocenters. The molecule has 0 spiro atoms. The summed E-state index contributed by atoms with van der Waals surface area (Å²) in [7, 11) is 7.97. The number of aliphatic imine (C=N–C) groups is 1. The highest BCUT2D eigenvalue weighted by atomic mass is 15.3. The quantitative estimate of drug-likeness (QED) is 0.533. The first-order chi connectivity index (χ1) is 7.11. The molecule has 0 aliphatic rings. The van der Waals surface area contributed by atoms with Gasteiger partial charge in [-0.1, -0.05) is 0 Å². The van der Waals surface area contributed by atoms with Gasteiger partial charge < -0.3 is 9.80 Å². The van der Waals surface area contributed by atoms with Crippen molar-refractivity contribution in [3.05, 3.63) is 18.5 Å². The van der Waals surface area contributed by atoms with Gasteiger partial charge in [-0.3, -0.25) is 9.67 Å². The minimum Gasteiger partial charge on any atom is -0.349 e. The van der Waals surface area contributed by atoms with Crippen molar-refractivity contribution < 1.29 is 0 Å². The predicted molar refractivity (Wildman–Crippen MR) is 61.9 cm³/mol. The molecule has 0 aliphatic carbocycles. The molecule has 5 heteroatoms. The lowest BCUT2D eigenvalue weighted by Crippen LogP contribution is -2.35. The summed E-state index contributed by atoms with van der Waals surface area (Å²) in [4.78, 5) is 8.51. The van der Waals surface area contributed by atoms with Crippen LogP contribution in [0, 0.1) is 0 Å². The van der Waals surface area contributed by atoms with Crippen LogP contribution >= 0.6 is 0 Å². The van der Waals surface area contributed by atoms with E-state index in [9.17, 15) is 0 Å². The third kappa shape index (κ3) is 3.61. The Hall–Kier alpha value is -1.52. The lowest BCUT2D eigenvalue weighted by Gasteiger charge is -2.22. The molecule has 0 saturated carbocycles. The van der Waals surface area contributed by atoms with Crippen LogP contribution in [0.3, 0.4) is 0 Å². The Labute approximate surface area is 91.0 Å². The summed E-state index contributed by atoms with van der Waals surface area (Å²) in [5, 5.41) is 4.12. The molecule has 5 nitrogen and oxygen atoms in total. The summed E-state index contributed by atoms with van der Waals surface area (Å²) in [5.41, 5.74) is 0. The zero-order chi connectivity index (χ0) is 11.3. The molecule has 1 aromatic rings.